The minimum absolute atomic E-state index is 0.364. The van der Waals surface area contributed by atoms with Gasteiger partial charge in [0, 0.05) is 18.6 Å². The van der Waals surface area contributed by atoms with Crippen LogP contribution in [0.25, 0.3) is 0 Å². The Labute approximate surface area is 77.1 Å². The van der Waals surface area contributed by atoms with Crippen LogP contribution in [0.4, 0.5) is 0 Å². The van der Waals surface area contributed by atoms with Crippen LogP contribution in [0.3, 0.4) is 0 Å². The van der Waals surface area contributed by atoms with Gasteiger partial charge >= 0.3 is 0 Å². The van der Waals surface area contributed by atoms with Crippen molar-refractivity contribution in [3.63, 3.8) is 0 Å². The summed E-state index contributed by atoms with van der Waals surface area (Å²) < 4.78 is 0. The summed E-state index contributed by atoms with van der Waals surface area (Å²) in [4.78, 5) is 2.62. The van der Waals surface area contributed by atoms with E-state index in [4.69, 9.17) is 0 Å². The maximum Gasteiger partial charge on any atom is 0.0125 e. The summed E-state index contributed by atoms with van der Waals surface area (Å²) in [6.07, 6.45) is 1.41. The van der Waals surface area contributed by atoms with Gasteiger partial charge in [-0.2, -0.15) is 0 Å². The molecule has 72 valence electrons. The Morgan fingerprint density at radius 1 is 1.00 bits per heavy atom. The second-order valence-electron chi connectivity index (χ2n) is 5.52. The zero-order chi connectivity index (χ0) is 9.35. The number of hydrogen-bond acceptors (Lipinski definition) is 1. The van der Waals surface area contributed by atoms with Crippen LogP contribution < -0.4 is 0 Å². The predicted molar refractivity (Wildman–Crippen MR) is 54.3 cm³/mol. The van der Waals surface area contributed by atoms with E-state index in [2.05, 4.69) is 39.5 Å². The summed E-state index contributed by atoms with van der Waals surface area (Å²) in [7, 11) is 0. The molecule has 1 rings (SSSR count). The Morgan fingerprint density at radius 2 is 1.42 bits per heavy atom. The molecule has 1 heterocycles. The zero-order valence-corrected chi connectivity index (χ0v) is 9.22. The van der Waals surface area contributed by atoms with E-state index in [9.17, 15) is 0 Å². The second-order valence-corrected chi connectivity index (χ2v) is 5.52. The quantitative estimate of drug-likeness (QED) is 0.539. The van der Waals surface area contributed by atoms with Crippen LogP contribution in [0.5, 0.6) is 0 Å². The standard InChI is InChI=1S/C11H23N/c1-9-6-10(2)8-12(7-9)11(3,4)5/h9-10H,6-8H2,1-5H3/t9-,10-/m0/s1. The van der Waals surface area contributed by atoms with E-state index in [-0.39, 0.29) is 0 Å². The molecule has 2 atom stereocenters. The average Bonchev–Trinajstić information content (AvgIpc) is 1.82. The highest BCUT2D eigenvalue weighted by molar-refractivity contribution is 4.83. The molecular formula is C11H23N. The molecule has 1 saturated heterocycles. The molecule has 0 N–H and O–H groups in total. The Balaban J connectivity index is 2.55. The first-order valence-corrected chi connectivity index (χ1v) is 5.14. The lowest BCUT2D eigenvalue weighted by Crippen LogP contribution is -2.49. The molecule has 1 nitrogen and oxygen atoms in total. The fourth-order valence-electron chi connectivity index (χ4n) is 2.21. The van der Waals surface area contributed by atoms with E-state index in [1.54, 1.807) is 0 Å². The van der Waals surface area contributed by atoms with Crippen LogP contribution in [0.1, 0.15) is 41.0 Å². The van der Waals surface area contributed by atoms with Crippen molar-refractivity contribution < 1.29 is 0 Å². The first-order valence-electron chi connectivity index (χ1n) is 5.14. The van der Waals surface area contributed by atoms with Crippen LogP contribution in [-0.4, -0.2) is 23.5 Å². The van der Waals surface area contributed by atoms with E-state index >= 15 is 0 Å². The summed E-state index contributed by atoms with van der Waals surface area (Å²) >= 11 is 0. The summed E-state index contributed by atoms with van der Waals surface area (Å²) in [5.41, 5.74) is 0.364. The topological polar surface area (TPSA) is 3.24 Å². The molecule has 1 aliphatic rings. The van der Waals surface area contributed by atoms with Gasteiger partial charge in [-0.25, -0.2) is 0 Å². The maximum atomic E-state index is 2.62. The lowest BCUT2D eigenvalue weighted by molar-refractivity contribution is 0.0570. The molecule has 0 aromatic heterocycles. The van der Waals surface area contributed by atoms with Crippen molar-refractivity contribution in [3.8, 4) is 0 Å². The highest BCUT2D eigenvalue weighted by Crippen LogP contribution is 2.26. The van der Waals surface area contributed by atoms with Crippen LogP contribution in [-0.2, 0) is 0 Å². The number of likely N-dealkylation sites (tertiary alicyclic amines) is 1. The van der Waals surface area contributed by atoms with Gasteiger partial charge < -0.3 is 0 Å². The largest absolute Gasteiger partial charge is 0.298 e. The highest BCUT2D eigenvalue weighted by Gasteiger charge is 2.28. The number of hydrogen-bond donors (Lipinski definition) is 0. The first kappa shape index (κ1) is 10.0. The molecule has 1 aliphatic heterocycles. The number of rotatable bonds is 0. The normalized spacial score (nSPS) is 33.8. The molecule has 12 heavy (non-hydrogen) atoms. The highest BCUT2D eigenvalue weighted by atomic mass is 15.2. The Hall–Kier alpha value is -0.0400. The lowest BCUT2D eigenvalue weighted by Gasteiger charge is -2.43. The third-order valence-electron chi connectivity index (χ3n) is 2.82. The molecule has 0 unspecified atom stereocenters. The van der Waals surface area contributed by atoms with E-state index in [0.29, 0.717) is 5.54 Å². The molecule has 0 aliphatic carbocycles. The second kappa shape index (κ2) is 3.37. The molecule has 1 fully saturated rings. The van der Waals surface area contributed by atoms with Crippen molar-refractivity contribution >= 4 is 0 Å². The van der Waals surface area contributed by atoms with Crippen LogP contribution >= 0.6 is 0 Å². The van der Waals surface area contributed by atoms with Crippen molar-refractivity contribution in [1.29, 1.82) is 0 Å². The minimum atomic E-state index is 0.364. The third-order valence-corrected chi connectivity index (χ3v) is 2.82. The van der Waals surface area contributed by atoms with Gasteiger partial charge in [-0.15, -0.1) is 0 Å². The molecular weight excluding hydrogens is 146 g/mol. The lowest BCUT2D eigenvalue weighted by atomic mass is 9.88. The van der Waals surface area contributed by atoms with Gasteiger partial charge in [0.25, 0.3) is 0 Å². The van der Waals surface area contributed by atoms with Crippen molar-refractivity contribution in [2.75, 3.05) is 13.1 Å². The Bertz CT molecular complexity index is 136. The van der Waals surface area contributed by atoms with Gasteiger partial charge in [-0.3, -0.25) is 4.90 Å². The SMILES string of the molecule is C[C@H]1C[C@H](C)CN(C(C)(C)C)C1. The average molecular weight is 169 g/mol. The molecule has 0 bridgehead atoms. The van der Waals surface area contributed by atoms with Gasteiger partial charge in [0.15, 0.2) is 0 Å². The summed E-state index contributed by atoms with van der Waals surface area (Å²) in [5, 5.41) is 0. The van der Waals surface area contributed by atoms with Gasteiger partial charge in [0.2, 0.25) is 0 Å². The van der Waals surface area contributed by atoms with E-state index < -0.39 is 0 Å². The fraction of sp³-hybridized carbons (Fsp3) is 1.00. The van der Waals surface area contributed by atoms with Crippen molar-refractivity contribution in [2.45, 2.75) is 46.6 Å². The van der Waals surface area contributed by atoms with E-state index in [1.807, 2.05) is 0 Å². The van der Waals surface area contributed by atoms with Gasteiger partial charge in [-0.05, 0) is 39.0 Å². The molecule has 1 heteroatoms. The summed E-state index contributed by atoms with van der Waals surface area (Å²) in [5.74, 6) is 1.76. The predicted octanol–water partition coefficient (Wildman–Crippen LogP) is 2.76. The molecule has 0 aromatic rings. The zero-order valence-electron chi connectivity index (χ0n) is 9.22. The van der Waals surface area contributed by atoms with Crippen molar-refractivity contribution in [1.82, 2.24) is 4.90 Å². The Morgan fingerprint density at radius 3 is 1.75 bits per heavy atom. The van der Waals surface area contributed by atoms with Crippen molar-refractivity contribution in [2.24, 2.45) is 11.8 Å². The number of nitrogens with zero attached hydrogens (tertiary/aromatic N) is 1. The van der Waals surface area contributed by atoms with Gasteiger partial charge in [0.1, 0.15) is 0 Å². The summed E-state index contributed by atoms with van der Waals surface area (Å²) in [6, 6.07) is 0. The molecule has 0 radical (unpaired) electrons. The van der Waals surface area contributed by atoms with Crippen LogP contribution in [0, 0.1) is 11.8 Å². The molecule has 0 amide bonds. The smallest absolute Gasteiger partial charge is 0.0125 e. The monoisotopic (exact) mass is 169 g/mol. The minimum Gasteiger partial charge on any atom is -0.298 e. The first-order chi connectivity index (χ1) is 5.39. The molecule has 0 saturated carbocycles. The van der Waals surface area contributed by atoms with E-state index in [1.165, 1.54) is 19.5 Å². The summed E-state index contributed by atoms with van der Waals surface area (Å²) in [6.45, 7) is 14.3. The van der Waals surface area contributed by atoms with E-state index in [0.717, 1.165) is 11.8 Å². The fourth-order valence-corrected chi connectivity index (χ4v) is 2.21. The number of piperidine rings is 1. The van der Waals surface area contributed by atoms with Crippen LogP contribution in [0.2, 0.25) is 0 Å². The molecule has 0 aromatic carbocycles. The van der Waals surface area contributed by atoms with Gasteiger partial charge in [0.05, 0.1) is 0 Å². The van der Waals surface area contributed by atoms with Crippen molar-refractivity contribution in [3.05, 3.63) is 0 Å². The Kier molecular flexibility index (Phi) is 2.82. The van der Waals surface area contributed by atoms with Gasteiger partial charge in [-0.1, -0.05) is 13.8 Å². The molecule has 0 spiro atoms. The van der Waals surface area contributed by atoms with Crippen LogP contribution in [0.15, 0.2) is 0 Å². The maximum absolute atomic E-state index is 2.62. The third kappa shape index (κ3) is 2.48.